The Morgan fingerprint density at radius 2 is 1.77 bits per heavy atom. The Balaban J connectivity index is 1.73. The highest BCUT2D eigenvalue weighted by Gasteiger charge is 2.25. The molecule has 3 aromatic rings. The third-order valence-electron chi connectivity index (χ3n) is 3.87. The third-order valence-corrected chi connectivity index (χ3v) is 4.82. The number of benzene rings is 2. The zero-order valence-electron chi connectivity index (χ0n) is 14.3. The lowest BCUT2D eigenvalue weighted by molar-refractivity contribution is -0.118. The van der Waals surface area contributed by atoms with Crippen LogP contribution in [0.5, 0.6) is 0 Å². The molecule has 0 spiro atoms. The molecule has 0 saturated carbocycles. The summed E-state index contributed by atoms with van der Waals surface area (Å²) in [5, 5.41) is 5.97. The van der Waals surface area contributed by atoms with E-state index in [2.05, 4.69) is 15.6 Å². The Morgan fingerprint density at radius 3 is 2.42 bits per heavy atom. The summed E-state index contributed by atoms with van der Waals surface area (Å²) in [5.41, 5.74) is 1.11. The molecule has 0 radical (unpaired) electrons. The van der Waals surface area contributed by atoms with Crippen molar-refractivity contribution in [1.82, 2.24) is 10.3 Å². The number of carbonyl (C=O) groups excluding carboxylic acids is 2. The maximum absolute atomic E-state index is 13.0. The van der Waals surface area contributed by atoms with E-state index < -0.39 is 17.8 Å². The van der Waals surface area contributed by atoms with Crippen molar-refractivity contribution in [3.8, 4) is 0 Å². The smallest absolute Gasteiger partial charge is 0.251 e. The van der Waals surface area contributed by atoms with Crippen LogP contribution in [0.2, 0.25) is 0 Å². The summed E-state index contributed by atoms with van der Waals surface area (Å²) in [6, 6.07) is 12.0. The molecule has 134 valence electrons. The summed E-state index contributed by atoms with van der Waals surface area (Å²) in [6.45, 7) is 3.68. The van der Waals surface area contributed by atoms with Gasteiger partial charge in [-0.05, 0) is 42.3 Å². The number of aromatic nitrogens is 1. The molecule has 1 atom stereocenters. The van der Waals surface area contributed by atoms with Crippen molar-refractivity contribution in [2.75, 3.05) is 5.32 Å². The van der Waals surface area contributed by atoms with Gasteiger partial charge in [-0.2, -0.15) is 0 Å². The quantitative estimate of drug-likeness (QED) is 0.716. The zero-order valence-corrected chi connectivity index (χ0v) is 15.1. The molecule has 5 nitrogen and oxygen atoms in total. The van der Waals surface area contributed by atoms with Crippen molar-refractivity contribution in [2.45, 2.75) is 19.9 Å². The molecule has 1 aromatic heterocycles. The second-order valence-corrected chi connectivity index (χ2v) is 7.21. The molecule has 0 aliphatic rings. The standard InChI is InChI=1S/C19H18FN3O2S/c1-11(2)16(22-17(24)12-7-9-13(20)10-8-12)18(25)23-19-21-14-5-3-4-6-15(14)26-19/h3-11,16H,1-2H3,(H,22,24)(H,21,23,25)/t16-/m0/s1. The summed E-state index contributed by atoms with van der Waals surface area (Å²) < 4.78 is 14.0. The van der Waals surface area contributed by atoms with Gasteiger partial charge in [0, 0.05) is 5.56 Å². The number of hydrogen-bond acceptors (Lipinski definition) is 4. The molecule has 26 heavy (non-hydrogen) atoms. The Labute approximate surface area is 154 Å². The van der Waals surface area contributed by atoms with Gasteiger partial charge in [0.05, 0.1) is 10.2 Å². The predicted octanol–water partition coefficient (Wildman–Crippen LogP) is 3.83. The molecule has 2 N–H and O–H groups in total. The van der Waals surface area contributed by atoms with Crippen molar-refractivity contribution in [3.05, 3.63) is 59.9 Å². The zero-order chi connectivity index (χ0) is 18.7. The monoisotopic (exact) mass is 371 g/mol. The molecule has 1 heterocycles. The van der Waals surface area contributed by atoms with Gasteiger partial charge >= 0.3 is 0 Å². The number of hydrogen-bond donors (Lipinski definition) is 2. The van der Waals surface area contributed by atoms with E-state index in [0.29, 0.717) is 10.7 Å². The van der Waals surface area contributed by atoms with Crippen LogP contribution in [-0.2, 0) is 4.79 Å². The number of carbonyl (C=O) groups is 2. The Bertz CT molecular complexity index is 904. The van der Waals surface area contributed by atoms with Crippen LogP contribution in [0.15, 0.2) is 48.5 Å². The first-order chi connectivity index (χ1) is 12.4. The van der Waals surface area contributed by atoms with Gasteiger partial charge in [-0.1, -0.05) is 37.3 Å². The Kier molecular flexibility index (Phi) is 5.27. The lowest BCUT2D eigenvalue weighted by Gasteiger charge is -2.21. The van der Waals surface area contributed by atoms with Gasteiger partial charge in [-0.25, -0.2) is 9.37 Å². The Morgan fingerprint density at radius 1 is 1.08 bits per heavy atom. The van der Waals surface area contributed by atoms with Crippen LogP contribution in [0.3, 0.4) is 0 Å². The van der Waals surface area contributed by atoms with Gasteiger partial charge in [-0.3, -0.25) is 9.59 Å². The van der Waals surface area contributed by atoms with Crippen LogP contribution in [0.4, 0.5) is 9.52 Å². The van der Waals surface area contributed by atoms with Crippen molar-refractivity contribution in [2.24, 2.45) is 5.92 Å². The molecule has 0 saturated heterocycles. The fraction of sp³-hybridized carbons (Fsp3) is 0.211. The first kappa shape index (κ1) is 18.0. The van der Waals surface area contributed by atoms with E-state index in [0.717, 1.165) is 10.2 Å². The van der Waals surface area contributed by atoms with Crippen molar-refractivity contribution >= 4 is 38.5 Å². The molecule has 2 amide bonds. The summed E-state index contributed by atoms with van der Waals surface area (Å²) in [4.78, 5) is 29.3. The number of rotatable bonds is 5. The predicted molar refractivity (Wildman–Crippen MR) is 101 cm³/mol. The lowest BCUT2D eigenvalue weighted by Crippen LogP contribution is -2.47. The molecule has 0 aliphatic heterocycles. The largest absolute Gasteiger partial charge is 0.340 e. The van der Waals surface area contributed by atoms with Crippen LogP contribution in [0, 0.1) is 11.7 Å². The van der Waals surface area contributed by atoms with E-state index in [1.807, 2.05) is 38.1 Å². The second kappa shape index (κ2) is 7.61. The van der Waals surface area contributed by atoms with Gasteiger partial charge in [0.15, 0.2) is 5.13 Å². The van der Waals surface area contributed by atoms with Gasteiger partial charge < -0.3 is 10.6 Å². The minimum atomic E-state index is -0.737. The summed E-state index contributed by atoms with van der Waals surface area (Å²) in [5.74, 6) is -1.32. The summed E-state index contributed by atoms with van der Waals surface area (Å²) >= 11 is 1.37. The van der Waals surface area contributed by atoms with E-state index >= 15 is 0 Å². The number of nitrogens with zero attached hydrogens (tertiary/aromatic N) is 1. The minimum Gasteiger partial charge on any atom is -0.340 e. The highest BCUT2D eigenvalue weighted by Crippen LogP contribution is 2.25. The molecule has 0 unspecified atom stereocenters. The van der Waals surface area contributed by atoms with Crippen LogP contribution in [0.1, 0.15) is 24.2 Å². The molecular formula is C19H18FN3O2S. The van der Waals surface area contributed by atoms with Crippen molar-refractivity contribution < 1.29 is 14.0 Å². The number of anilines is 1. The van der Waals surface area contributed by atoms with Crippen LogP contribution in [0.25, 0.3) is 10.2 Å². The van der Waals surface area contributed by atoms with E-state index in [1.165, 1.54) is 35.6 Å². The highest BCUT2D eigenvalue weighted by molar-refractivity contribution is 7.22. The SMILES string of the molecule is CC(C)[C@H](NC(=O)c1ccc(F)cc1)C(=O)Nc1nc2ccccc2s1. The maximum Gasteiger partial charge on any atom is 0.251 e. The van der Waals surface area contributed by atoms with E-state index in [9.17, 15) is 14.0 Å². The van der Waals surface area contributed by atoms with Gasteiger partial charge in [-0.15, -0.1) is 0 Å². The number of amides is 2. The summed E-state index contributed by atoms with van der Waals surface area (Å²) in [6.07, 6.45) is 0. The fourth-order valence-corrected chi connectivity index (χ4v) is 3.34. The van der Waals surface area contributed by atoms with Gasteiger partial charge in [0.25, 0.3) is 5.91 Å². The molecule has 0 fully saturated rings. The number of fused-ring (bicyclic) bond motifs is 1. The Hall–Kier alpha value is -2.80. The van der Waals surface area contributed by atoms with E-state index in [1.54, 1.807) is 0 Å². The molecular weight excluding hydrogens is 353 g/mol. The molecule has 0 aliphatic carbocycles. The minimum absolute atomic E-state index is 0.131. The summed E-state index contributed by atoms with van der Waals surface area (Å²) in [7, 11) is 0. The average Bonchev–Trinajstić information content (AvgIpc) is 3.01. The van der Waals surface area contributed by atoms with E-state index in [4.69, 9.17) is 0 Å². The lowest BCUT2D eigenvalue weighted by atomic mass is 10.0. The van der Waals surface area contributed by atoms with Crippen LogP contribution in [-0.4, -0.2) is 22.8 Å². The maximum atomic E-state index is 13.0. The highest BCUT2D eigenvalue weighted by atomic mass is 32.1. The molecule has 3 rings (SSSR count). The fourth-order valence-electron chi connectivity index (χ4n) is 2.47. The number of para-hydroxylation sites is 1. The second-order valence-electron chi connectivity index (χ2n) is 6.18. The van der Waals surface area contributed by atoms with E-state index in [-0.39, 0.29) is 11.8 Å². The molecule has 0 bridgehead atoms. The van der Waals surface area contributed by atoms with Crippen LogP contribution >= 0.6 is 11.3 Å². The van der Waals surface area contributed by atoms with Crippen LogP contribution < -0.4 is 10.6 Å². The van der Waals surface area contributed by atoms with Crippen molar-refractivity contribution in [3.63, 3.8) is 0 Å². The van der Waals surface area contributed by atoms with Gasteiger partial charge in [0.1, 0.15) is 11.9 Å². The average molecular weight is 371 g/mol. The number of halogens is 1. The normalized spacial score (nSPS) is 12.2. The number of thiazole rings is 1. The van der Waals surface area contributed by atoms with Crippen molar-refractivity contribution in [1.29, 1.82) is 0 Å². The third kappa shape index (κ3) is 4.05. The number of nitrogens with one attached hydrogen (secondary N) is 2. The first-order valence-electron chi connectivity index (χ1n) is 8.17. The molecule has 7 heteroatoms. The first-order valence-corrected chi connectivity index (χ1v) is 8.98. The molecule has 2 aromatic carbocycles. The van der Waals surface area contributed by atoms with Gasteiger partial charge in [0.2, 0.25) is 5.91 Å². The topological polar surface area (TPSA) is 71.1 Å².